The van der Waals surface area contributed by atoms with Gasteiger partial charge in [0.15, 0.2) is 5.78 Å². The molecule has 0 bridgehead atoms. The van der Waals surface area contributed by atoms with Crippen molar-refractivity contribution in [3.05, 3.63) is 59.3 Å². The monoisotopic (exact) mass is 434 g/mol. The van der Waals surface area contributed by atoms with Crippen molar-refractivity contribution >= 4 is 23.1 Å². The number of para-hydroxylation sites is 2. The van der Waals surface area contributed by atoms with Crippen LogP contribution in [0.2, 0.25) is 0 Å². The van der Waals surface area contributed by atoms with Crippen LogP contribution >= 0.6 is 0 Å². The number of carbonyl (C=O) groups is 2. The molecule has 168 valence electrons. The lowest BCUT2D eigenvalue weighted by atomic mass is 9.73. The molecule has 4 rings (SSSR count). The number of benzene rings is 2. The van der Waals surface area contributed by atoms with Gasteiger partial charge in [0.25, 0.3) is 0 Å². The molecule has 0 saturated carbocycles. The van der Waals surface area contributed by atoms with Gasteiger partial charge in [0, 0.05) is 29.7 Å². The molecule has 6 nitrogen and oxygen atoms in total. The van der Waals surface area contributed by atoms with E-state index in [1.54, 1.807) is 19.1 Å². The average Bonchev–Trinajstić information content (AvgIpc) is 2.91. The van der Waals surface area contributed by atoms with Crippen molar-refractivity contribution in [1.82, 2.24) is 0 Å². The maximum atomic E-state index is 13.6. The zero-order valence-corrected chi connectivity index (χ0v) is 19.3. The Kier molecular flexibility index (Phi) is 5.71. The summed E-state index contributed by atoms with van der Waals surface area (Å²) >= 11 is 0. The van der Waals surface area contributed by atoms with Gasteiger partial charge in [-0.1, -0.05) is 32.9 Å². The largest absolute Gasteiger partial charge is 0.497 e. The average molecular weight is 435 g/mol. The van der Waals surface area contributed by atoms with Gasteiger partial charge in [-0.3, -0.25) is 14.5 Å². The van der Waals surface area contributed by atoms with E-state index in [0.29, 0.717) is 36.3 Å². The molecule has 0 spiro atoms. The lowest BCUT2D eigenvalue weighted by molar-refractivity contribution is -0.119. The molecule has 0 saturated heterocycles. The van der Waals surface area contributed by atoms with Gasteiger partial charge in [0.1, 0.15) is 11.5 Å². The first-order chi connectivity index (χ1) is 15.3. The third-order valence-corrected chi connectivity index (χ3v) is 6.20. The highest BCUT2D eigenvalue weighted by atomic mass is 16.5. The summed E-state index contributed by atoms with van der Waals surface area (Å²) in [7, 11) is 3.20. The number of allylic oxidation sites excluding steroid dienone is 1. The molecule has 6 heteroatoms. The van der Waals surface area contributed by atoms with E-state index >= 15 is 0 Å². The Hall–Kier alpha value is -3.28. The molecule has 2 aromatic rings. The van der Waals surface area contributed by atoms with Crippen LogP contribution in [0.3, 0.4) is 0 Å². The minimum Gasteiger partial charge on any atom is -0.497 e. The summed E-state index contributed by atoms with van der Waals surface area (Å²) in [4.78, 5) is 28.8. The molecular formula is C26H30N2O4. The van der Waals surface area contributed by atoms with Gasteiger partial charge in [-0.05, 0) is 42.2 Å². The molecule has 32 heavy (non-hydrogen) atoms. The molecule has 1 heterocycles. The van der Waals surface area contributed by atoms with Crippen molar-refractivity contribution in [2.24, 2.45) is 5.41 Å². The van der Waals surface area contributed by atoms with Crippen molar-refractivity contribution in [2.75, 3.05) is 24.4 Å². The predicted octanol–water partition coefficient (Wildman–Crippen LogP) is 5.26. The van der Waals surface area contributed by atoms with E-state index in [1.165, 1.54) is 0 Å². The minimum absolute atomic E-state index is 0.0420. The number of nitrogens with one attached hydrogen (secondary N) is 1. The summed E-state index contributed by atoms with van der Waals surface area (Å²) in [6, 6.07) is 12.6. The number of fused-ring (bicyclic) bond motifs is 1. The maximum Gasteiger partial charge on any atom is 0.227 e. The Morgan fingerprint density at radius 2 is 1.88 bits per heavy atom. The number of amides is 1. The summed E-state index contributed by atoms with van der Waals surface area (Å²) in [5, 5.41) is 3.52. The third-order valence-electron chi connectivity index (χ3n) is 6.20. The second-order valence-corrected chi connectivity index (χ2v) is 9.10. The predicted molar refractivity (Wildman–Crippen MR) is 125 cm³/mol. The summed E-state index contributed by atoms with van der Waals surface area (Å²) < 4.78 is 11.2. The zero-order valence-electron chi connectivity index (χ0n) is 19.3. The Balaban J connectivity index is 2.06. The van der Waals surface area contributed by atoms with E-state index in [2.05, 4.69) is 19.2 Å². The SMILES string of the molecule is CCC(=O)N1c2ccccc2NC2=C(C(=O)CC(C)(C)C2)[C@@H]1c1cc(OC)ccc1OC. The number of ether oxygens (including phenoxy) is 2. The normalized spacial score (nSPS) is 19.5. The highest BCUT2D eigenvalue weighted by Crippen LogP contribution is 2.50. The van der Waals surface area contributed by atoms with Crippen LogP contribution in [-0.4, -0.2) is 25.9 Å². The van der Waals surface area contributed by atoms with Gasteiger partial charge in [-0.15, -0.1) is 0 Å². The van der Waals surface area contributed by atoms with Crippen LogP contribution in [0.4, 0.5) is 11.4 Å². The van der Waals surface area contributed by atoms with E-state index in [4.69, 9.17) is 9.47 Å². The molecule has 1 aliphatic heterocycles. The Morgan fingerprint density at radius 1 is 1.12 bits per heavy atom. The molecule has 0 fully saturated rings. The molecule has 1 amide bonds. The van der Waals surface area contributed by atoms with Gasteiger partial charge >= 0.3 is 0 Å². The molecule has 0 unspecified atom stereocenters. The molecule has 1 atom stereocenters. The van der Waals surface area contributed by atoms with Crippen LogP contribution in [0.15, 0.2) is 53.7 Å². The number of rotatable bonds is 4. The molecule has 1 aliphatic carbocycles. The van der Waals surface area contributed by atoms with Crippen molar-refractivity contribution in [2.45, 2.75) is 46.1 Å². The standard InChI is InChI=1S/C26H30N2O4/c1-6-23(30)28-20-10-8-7-9-18(20)27-19-14-26(2,3)15-21(29)24(19)25(28)17-13-16(31-4)11-12-22(17)32-5/h7-13,25,27H,6,14-15H2,1-5H3/t25-/m0/s1. The molecule has 1 N–H and O–H groups in total. The van der Waals surface area contributed by atoms with E-state index in [-0.39, 0.29) is 17.1 Å². The Morgan fingerprint density at radius 3 is 2.56 bits per heavy atom. The number of Topliss-reactive ketones (excluding diaryl/α,β-unsaturated/α-hetero) is 1. The highest BCUT2D eigenvalue weighted by molar-refractivity contribution is 6.06. The van der Waals surface area contributed by atoms with E-state index in [1.807, 2.05) is 49.4 Å². The fraction of sp³-hybridized carbons (Fsp3) is 0.385. The van der Waals surface area contributed by atoms with E-state index < -0.39 is 6.04 Å². The van der Waals surface area contributed by atoms with E-state index in [9.17, 15) is 9.59 Å². The van der Waals surface area contributed by atoms with E-state index in [0.717, 1.165) is 22.6 Å². The summed E-state index contributed by atoms with van der Waals surface area (Å²) in [6.45, 7) is 6.04. The van der Waals surface area contributed by atoms with Crippen molar-refractivity contribution in [3.63, 3.8) is 0 Å². The Bertz CT molecular complexity index is 1100. The fourth-order valence-corrected chi connectivity index (χ4v) is 4.78. The Labute approximate surface area is 189 Å². The van der Waals surface area contributed by atoms with Crippen LogP contribution < -0.4 is 19.7 Å². The lowest BCUT2D eigenvalue weighted by Gasteiger charge is -2.37. The molecule has 2 aromatic carbocycles. The van der Waals surface area contributed by atoms with Gasteiger partial charge in [0.05, 0.1) is 31.6 Å². The van der Waals surface area contributed by atoms with Gasteiger partial charge in [-0.25, -0.2) is 0 Å². The van der Waals surface area contributed by atoms with Crippen LogP contribution in [0, 0.1) is 5.41 Å². The zero-order chi connectivity index (χ0) is 23.0. The number of ketones is 1. The lowest BCUT2D eigenvalue weighted by Crippen LogP contribution is -2.39. The third kappa shape index (κ3) is 3.74. The van der Waals surface area contributed by atoms with Crippen molar-refractivity contribution in [1.29, 1.82) is 0 Å². The first-order valence-corrected chi connectivity index (χ1v) is 11.0. The second kappa shape index (κ2) is 8.34. The fourth-order valence-electron chi connectivity index (χ4n) is 4.78. The van der Waals surface area contributed by atoms with Crippen LogP contribution in [0.5, 0.6) is 11.5 Å². The minimum atomic E-state index is -0.623. The molecular weight excluding hydrogens is 404 g/mol. The first kappa shape index (κ1) is 21.9. The van der Waals surface area contributed by atoms with Crippen molar-refractivity contribution in [3.8, 4) is 11.5 Å². The molecule has 0 aromatic heterocycles. The summed E-state index contributed by atoms with van der Waals surface area (Å²) in [6.07, 6.45) is 1.43. The number of anilines is 2. The van der Waals surface area contributed by atoms with Gasteiger partial charge in [0.2, 0.25) is 5.91 Å². The number of hydrogen-bond donors (Lipinski definition) is 1. The molecule has 0 radical (unpaired) electrons. The number of nitrogens with zero attached hydrogens (tertiary/aromatic N) is 1. The topological polar surface area (TPSA) is 67.9 Å². The van der Waals surface area contributed by atoms with Crippen LogP contribution in [-0.2, 0) is 9.59 Å². The first-order valence-electron chi connectivity index (χ1n) is 11.0. The van der Waals surface area contributed by atoms with Crippen molar-refractivity contribution < 1.29 is 19.1 Å². The summed E-state index contributed by atoms with van der Waals surface area (Å²) in [5.74, 6) is 1.22. The van der Waals surface area contributed by atoms with Gasteiger partial charge in [-0.2, -0.15) is 0 Å². The molecule has 2 aliphatic rings. The smallest absolute Gasteiger partial charge is 0.227 e. The second-order valence-electron chi connectivity index (χ2n) is 9.10. The maximum absolute atomic E-state index is 13.6. The van der Waals surface area contributed by atoms with Crippen LogP contribution in [0.1, 0.15) is 51.6 Å². The van der Waals surface area contributed by atoms with Gasteiger partial charge < -0.3 is 14.8 Å². The number of carbonyl (C=O) groups excluding carboxylic acids is 2. The summed E-state index contributed by atoms with van der Waals surface area (Å²) in [5.41, 5.74) is 3.60. The quantitative estimate of drug-likeness (QED) is 0.711. The highest BCUT2D eigenvalue weighted by Gasteiger charge is 2.43. The van der Waals surface area contributed by atoms with Crippen LogP contribution in [0.25, 0.3) is 0 Å². The number of hydrogen-bond acceptors (Lipinski definition) is 5. The number of methoxy groups -OCH3 is 2.